The van der Waals surface area contributed by atoms with Crippen LogP contribution < -0.4 is 10.5 Å². The zero-order valence-corrected chi connectivity index (χ0v) is 11.9. The van der Waals surface area contributed by atoms with Crippen LogP contribution in [0.5, 0.6) is 5.75 Å². The van der Waals surface area contributed by atoms with Gasteiger partial charge in [-0.3, -0.25) is 0 Å². The highest BCUT2D eigenvalue weighted by Crippen LogP contribution is 2.31. The van der Waals surface area contributed by atoms with Crippen LogP contribution in [-0.4, -0.2) is 6.10 Å². The first-order chi connectivity index (χ1) is 9.10. The zero-order valence-electron chi connectivity index (χ0n) is 11.9. The van der Waals surface area contributed by atoms with Crippen LogP contribution in [0, 0.1) is 11.7 Å². The van der Waals surface area contributed by atoms with E-state index >= 15 is 0 Å². The molecule has 0 spiro atoms. The van der Waals surface area contributed by atoms with Crippen molar-refractivity contribution in [2.75, 3.05) is 0 Å². The van der Waals surface area contributed by atoms with E-state index < -0.39 is 0 Å². The molecule has 3 atom stereocenters. The van der Waals surface area contributed by atoms with E-state index in [1.165, 1.54) is 25.3 Å². The Labute approximate surface area is 115 Å². The Morgan fingerprint density at radius 3 is 2.84 bits per heavy atom. The van der Waals surface area contributed by atoms with E-state index in [-0.39, 0.29) is 18.0 Å². The molecule has 0 aromatic heterocycles. The summed E-state index contributed by atoms with van der Waals surface area (Å²) in [7, 11) is 0. The van der Waals surface area contributed by atoms with Crippen molar-refractivity contribution in [1.82, 2.24) is 0 Å². The van der Waals surface area contributed by atoms with Crippen molar-refractivity contribution in [2.24, 2.45) is 11.7 Å². The monoisotopic (exact) mass is 265 g/mol. The fourth-order valence-corrected chi connectivity index (χ4v) is 2.79. The summed E-state index contributed by atoms with van der Waals surface area (Å²) in [6, 6.07) is 4.90. The predicted molar refractivity (Wildman–Crippen MR) is 75.7 cm³/mol. The summed E-state index contributed by atoms with van der Waals surface area (Å²) < 4.78 is 19.8. The molecule has 1 aromatic rings. The van der Waals surface area contributed by atoms with E-state index in [1.807, 2.05) is 13.0 Å². The van der Waals surface area contributed by atoms with Crippen LogP contribution in [0.4, 0.5) is 4.39 Å². The molecule has 3 heteroatoms. The Balaban J connectivity index is 2.02. The topological polar surface area (TPSA) is 35.2 Å². The molecule has 0 aliphatic heterocycles. The largest absolute Gasteiger partial charge is 0.487 e. The van der Waals surface area contributed by atoms with Crippen LogP contribution in [0.2, 0.25) is 0 Å². The molecule has 0 saturated heterocycles. The van der Waals surface area contributed by atoms with Gasteiger partial charge >= 0.3 is 0 Å². The summed E-state index contributed by atoms with van der Waals surface area (Å²) in [4.78, 5) is 0. The van der Waals surface area contributed by atoms with Crippen LogP contribution in [-0.2, 0) is 0 Å². The van der Waals surface area contributed by atoms with Gasteiger partial charge in [-0.1, -0.05) is 25.8 Å². The summed E-state index contributed by atoms with van der Waals surface area (Å²) in [6.45, 7) is 4.06. The van der Waals surface area contributed by atoms with Crippen molar-refractivity contribution in [1.29, 1.82) is 0 Å². The summed E-state index contributed by atoms with van der Waals surface area (Å²) in [6.07, 6.45) is 5.89. The molecule has 1 saturated carbocycles. The third-order valence-electron chi connectivity index (χ3n) is 4.09. The highest BCUT2D eigenvalue weighted by atomic mass is 19.1. The van der Waals surface area contributed by atoms with Gasteiger partial charge in [0, 0.05) is 6.04 Å². The van der Waals surface area contributed by atoms with Gasteiger partial charge in [-0.15, -0.1) is 0 Å². The van der Waals surface area contributed by atoms with E-state index in [0.717, 1.165) is 24.3 Å². The maximum absolute atomic E-state index is 14.0. The molecular formula is C16H24FNO. The van der Waals surface area contributed by atoms with Crippen molar-refractivity contribution in [3.05, 3.63) is 29.6 Å². The lowest BCUT2D eigenvalue weighted by Crippen LogP contribution is -2.25. The second-order valence-electron chi connectivity index (χ2n) is 5.66. The highest BCUT2D eigenvalue weighted by molar-refractivity contribution is 5.31. The van der Waals surface area contributed by atoms with Gasteiger partial charge in [0.25, 0.3) is 0 Å². The fraction of sp³-hybridized carbons (Fsp3) is 0.625. The van der Waals surface area contributed by atoms with Gasteiger partial charge in [-0.2, -0.15) is 0 Å². The van der Waals surface area contributed by atoms with Crippen molar-refractivity contribution >= 4 is 0 Å². The molecule has 2 nitrogen and oxygen atoms in total. The molecule has 1 aliphatic carbocycles. The Morgan fingerprint density at radius 1 is 1.42 bits per heavy atom. The van der Waals surface area contributed by atoms with E-state index in [0.29, 0.717) is 5.75 Å². The van der Waals surface area contributed by atoms with Gasteiger partial charge in [0.2, 0.25) is 0 Å². The first-order valence-electron chi connectivity index (χ1n) is 7.31. The summed E-state index contributed by atoms with van der Waals surface area (Å²) in [5.74, 6) is 0.796. The molecule has 1 aliphatic rings. The van der Waals surface area contributed by atoms with Gasteiger partial charge < -0.3 is 10.5 Å². The number of ether oxygens (including phenoxy) is 1. The maximum atomic E-state index is 14.0. The highest BCUT2D eigenvalue weighted by Gasteiger charge is 2.23. The molecule has 0 radical (unpaired) electrons. The SMILES string of the molecule is CCC1CCCC(Oc2ccc([C@@H](C)N)cc2F)C1. The Morgan fingerprint density at radius 2 is 2.21 bits per heavy atom. The van der Waals surface area contributed by atoms with E-state index in [4.69, 9.17) is 10.5 Å². The van der Waals surface area contributed by atoms with Crippen molar-refractivity contribution < 1.29 is 9.13 Å². The molecule has 19 heavy (non-hydrogen) atoms. The van der Waals surface area contributed by atoms with E-state index in [9.17, 15) is 4.39 Å². The van der Waals surface area contributed by atoms with Crippen molar-refractivity contribution in [2.45, 2.75) is 58.1 Å². The van der Waals surface area contributed by atoms with Crippen molar-refractivity contribution in [3.63, 3.8) is 0 Å². The molecule has 1 aromatic carbocycles. The average Bonchev–Trinajstić information content (AvgIpc) is 2.41. The minimum atomic E-state index is -0.298. The molecule has 2 rings (SSSR count). The van der Waals surface area contributed by atoms with Gasteiger partial charge in [0.05, 0.1) is 6.10 Å². The molecule has 2 unspecified atom stereocenters. The van der Waals surface area contributed by atoms with Crippen LogP contribution in [0.15, 0.2) is 18.2 Å². The standard InChI is InChI=1S/C16H24FNO/c1-3-12-5-4-6-14(9-12)19-16-8-7-13(11(2)18)10-15(16)17/h7-8,10-12,14H,3-6,9,18H2,1-2H3/t11-,12?,14?/m1/s1. The maximum Gasteiger partial charge on any atom is 0.165 e. The Kier molecular flexibility index (Phi) is 4.81. The molecule has 1 fully saturated rings. The third-order valence-corrected chi connectivity index (χ3v) is 4.09. The average molecular weight is 265 g/mol. The first kappa shape index (κ1) is 14.3. The number of benzene rings is 1. The first-order valence-corrected chi connectivity index (χ1v) is 7.31. The molecule has 2 N–H and O–H groups in total. The Bertz CT molecular complexity index is 419. The third kappa shape index (κ3) is 3.69. The summed E-state index contributed by atoms with van der Waals surface area (Å²) in [5, 5.41) is 0. The number of halogens is 1. The van der Waals surface area contributed by atoms with Crippen LogP contribution in [0.25, 0.3) is 0 Å². The summed E-state index contributed by atoms with van der Waals surface area (Å²) >= 11 is 0. The van der Waals surface area contributed by atoms with Gasteiger partial charge in [0.1, 0.15) is 0 Å². The predicted octanol–water partition coefficient (Wildman–Crippen LogP) is 4.19. The summed E-state index contributed by atoms with van der Waals surface area (Å²) in [5.41, 5.74) is 6.55. The van der Waals surface area contributed by atoms with Gasteiger partial charge in [-0.25, -0.2) is 4.39 Å². The lowest BCUT2D eigenvalue weighted by atomic mass is 9.85. The van der Waals surface area contributed by atoms with E-state index in [1.54, 1.807) is 6.07 Å². The molecular weight excluding hydrogens is 241 g/mol. The van der Waals surface area contributed by atoms with Gasteiger partial charge in [0.15, 0.2) is 11.6 Å². The van der Waals surface area contributed by atoms with Gasteiger partial charge in [-0.05, 0) is 49.8 Å². The number of rotatable bonds is 4. The molecule has 0 heterocycles. The molecule has 0 amide bonds. The van der Waals surface area contributed by atoms with E-state index in [2.05, 4.69) is 6.92 Å². The zero-order chi connectivity index (χ0) is 13.8. The normalized spacial score (nSPS) is 25.1. The van der Waals surface area contributed by atoms with Crippen LogP contribution >= 0.6 is 0 Å². The molecule has 106 valence electrons. The number of hydrogen-bond acceptors (Lipinski definition) is 2. The van der Waals surface area contributed by atoms with Crippen LogP contribution in [0.1, 0.15) is 57.6 Å². The van der Waals surface area contributed by atoms with Crippen molar-refractivity contribution in [3.8, 4) is 5.75 Å². The lowest BCUT2D eigenvalue weighted by Gasteiger charge is -2.29. The quantitative estimate of drug-likeness (QED) is 0.885. The Hall–Kier alpha value is -1.09. The fourth-order valence-electron chi connectivity index (χ4n) is 2.79. The number of nitrogens with two attached hydrogens (primary N) is 1. The lowest BCUT2D eigenvalue weighted by molar-refractivity contribution is 0.117. The second kappa shape index (κ2) is 6.38. The minimum Gasteiger partial charge on any atom is -0.487 e. The van der Waals surface area contributed by atoms with Crippen LogP contribution in [0.3, 0.4) is 0 Å². The smallest absolute Gasteiger partial charge is 0.165 e. The second-order valence-corrected chi connectivity index (χ2v) is 5.66. The molecule has 0 bridgehead atoms. The minimum absolute atomic E-state index is 0.150. The number of hydrogen-bond donors (Lipinski definition) is 1.